The predicted molar refractivity (Wildman–Crippen MR) is 90.8 cm³/mol. The number of aryl methyl sites for hydroxylation is 1. The summed E-state index contributed by atoms with van der Waals surface area (Å²) >= 11 is 0. The van der Waals surface area contributed by atoms with Crippen LogP contribution in [0.1, 0.15) is 23.6 Å². The molecule has 0 saturated heterocycles. The number of methoxy groups -OCH3 is 3. The molecular weight excluding hydrogens is 276 g/mol. The molecule has 0 unspecified atom stereocenters. The highest BCUT2D eigenvalue weighted by atomic mass is 16.5. The minimum Gasteiger partial charge on any atom is -0.493 e. The Morgan fingerprint density at radius 3 is 1.77 bits per heavy atom. The summed E-state index contributed by atoms with van der Waals surface area (Å²) < 4.78 is 16.1. The molecule has 0 radical (unpaired) electrons. The molecule has 22 heavy (non-hydrogen) atoms. The Morgan fingerprint density at radius 1 is 0.773 bits per heavy atom. The average molecular weight is 298 g/mol. The highest BCUT2D eigenvalue weighted by Gasteiger charge is 2.11. The van der Waals surface area contributed by atoms with Crippen LogP contribution in [0.2, 0.25) is 0 Å². The van der Waals surface area contributed by atoms with Gasteiger partial charge in [-0.05, 0) is 35.2 Å². The summed E-state index contributed by atoms with van der Waals surface area (Å²) in [7, 11) is 4.84. The van der Waals surface area contributed by atoms with Crippen molar-refractivity contribution in [3.8, 4) is 17.2 Å². The van der Waals surface area contributed by atoms with Gasteiger partial charge in [0, 0.05) is 0 Å². The van der Waals surface area contributed by atoms with Crippen LogP contribution in [0.3, 0.4) is 0 Å². The molecule has 0 aliphatic heterocycles. The molecule has 0 aliphatic carbocycles. The van der Waals surface area contributed by atoms with Crippen molar-refractivity contribution in [3.63, 3.8) is 0 Å². The van der Waals surface area contributed by atoms with Gasteiger partial charge in [-0.2, -0.15) is 0 Å². The van der Waals surface area contributed by atoms with E-state index in [2.05, 4.69) is 37.3 Å². The zero-order valence-corrected chi connectivity index (χ0v) is 13.6. The van der Waals surface area contributed by atoms with E-state index in [1.807, 2.05) is 18.2 Å². The molecule has 0 N–H and O–H groups in total. The van der Waals surface area contributed by atoms with Crippen molar-refractivity contribution in [2.45, 2.75) is 13.3 Å². The van der Waals surface area contributed by atoms with E-state index >= 15 is 0 Å². The van der Waals surface area contributed by atoms with Gasteiger partial charge >= 0.3 is 0 Å². The number of rotatable bonds is 6. The normalized spacial score (nSPS) is 10.7. The van der Waals surface area contributed by atoms with Crippen molar-refractivity contribution in [1.29, 1.82) is 0 Å². The van der Waals surface area contributed by atoms with Crippen LogP contribution >= 0.6 is 0 Å². The van der Waals surface area contributed by atoms with Gasteiger partial charge in [0.1, 0.15) is 0 Å². The van der Waals surface area contributed by atoms with Gasteiger partial charge in [-0.1, -0.05) is 43.3 Å². The van der Waals surface area contributed by atoms with Crippen LogP contribution in [0.15, 0.2) is 36.4 Å². The third-order valence-electron chi connectivity index (χ3n) is 3.54. The second-order valence-corrected chi connectivity index (χ2v) is 4.89. The van der Waals surface area contributed by atoms with Gasteiger partial charge in [-0.25, -0.2) is 0 Å². The number of benzene rings is 2. The SMILES string of the molecule is CCc1ccc(/C=C/c2cc(OC)c(OC)c(OC)c2)cc1. The molecule has 2 rings (SSSR count). The average Bonchev–Trinajstić information content (AvgIpc) is 2.59. The topological polar surface area (TPSA) is 27.7 Å². The molecule has 116 valence electrons. The summed E-state index contributed by atoms with van der Waals surface area (Å²) in [5.41, 5.74) is 3.49. The van der Waals surface area contributed by atoms with Crippen molar-refractivity contribution >= 4 is 12.2 Å². The Morgan fingerprint density at radius 2 is 1.32 bits per heavy atom. The van der Waals surface area contributed by atoms with Crippen LogP contribution < -0.4 is 14.2 Å². The van der Waals surface area contributed by atoms with Crippen molar-refractivity contribution in [1.82, 2.24) is 0 Å². The summed E-state index contributed by atoms with van der Waals surface area (Å²) in [5.74, 6) is 1.92. The molecule has 2 aromatic carbocycles. The Bertz CT molecular complexity index is 617. The summed E-state index contributed by atoms with van der Waals surface area (Å²) in [4.78, 5) is 0. The molecule has 0 spiro atoms. The summed E-state index contributed by atoms with van der Waals surface area (Å²) in [5, 5.41) is 0. The van der Waals surface area contributed by atoms with E-state index in [0.717, 1.165) is 17.5 Å². The van der Waals surface area contributed by atoms with Gasteiger partial charge in [0.2, 0.25) is 5.75 Å². The molecule has 2 aromatic rings. The van der Waals surface area contributed by atoms with E-state index in [0.29, 0.717) is 17.2 Å². The molecule has 0 bridgehead atoms. The fourth-order valence-electron chi connectivity index (χ4n) is 2.25. The maximum absolute atomic E-state index is 5.36. The highest BCUT2D eigenvalue weighted by Crippen LogP contribution is 2.38. The minimum absolute atomic E-state index is 0.606. The van der Waals surface area contributed by atoms with Crippen molar-refractivity contribution in [2.75, 3.05) is 21.3 Å². The third kappa shape index (κ3) is 3.61. The quantitative estimate of drug-likeness (QED) is 0.738. The fourth-order valence-corrected chi connectivity index (χ4v) is 2.25. The van der Waals surface area contributed by atoms with Crippen LogP contribution in [0.4, 0.5) is 0 Å². The van der Waals surface area contributed by atoms with E-state index in [1.165, 1.54) is 5.56 Å². The molecule has 0 heterocycles. The Balaban J connectivity index is 2.29. The van der Waals surface area contributed by atoms with E-state index in [4.69, 9.17) is 14.2 Å². The first-order valence-corrected chi connectivity index (χ1v) is 7.28. The van der Waals surface area contributed by atoms with Gasteiger partial charge in [-0.3, -0.25) is 0 Å². The first kappa shape index (κ1) is 16.0. The van der Waals surface area contributed by atoms with E-state index < -0.39 is 0 Å². The lowest BCUT2D eigenvalue weighted by Crippen LogP contribution is -1.95. The van der Waals surface area contributed by atoms with Gasteiger partial charge < -0.3 is 14.2 Å². The fraction of sp³-hybridized carbons (Fsp3) is 0.263. The first-order valence-electron chi connectivity index (χ1n) is 7.28. The van der Waals surface area contributed by atoms with E-state index in [1.54, 1.807) is 21.3 Å². The Labute approximate surface area is 132 Å². The molecular formula is C19H22O3. The number of hydrogen-bond acceptors (Lipinski definition) is 3. The van der Waals surface area contributed by atoms with Crippen LogP contribution in [0, 0.1) is 0 Å². The minimum atomic E-state index is 0.606. The largest absolute Gasteiger partial charge is 0.493 e. The van der Waals surface area contributed by atoms with Crippen LogP contribution in [-0.2, 0) is 6.42 Å². The highest BCUT2D eigenvalue weighted by molar-refractivity contribution is 5.72. The third-order valence-corrected chi connectivity index (χ3v) is 3.54. The lowest BCUT2D eigenvalue weighted by molar-refractivity contribution is 0.324. The van der Waals surface area contributed by atoms with Crippen LogP contribution in [0.5, 0.6) is 17.2 Å². The van der Waals surface area contributed by atoms with E-state index in [-0.39, 0.29) is 0 Å². The van der Waals surface area contributed by atoms with E-state index in [9.17, 15) is 0 Å². The van der Waals surface area contributed by atoms with Gasteiger partial charge in [0.25, 0.3) is 0 Å². The van der Waals surface area contributed by atoms with Crippen molar-refractivity contribution in [3.05, 3.63) is 53.1 Å². The summed E-state index contributed by atoms with van der Waals surface area (Å²) in [6.45, 7) is 2.15. The maximum atomic E-state index is 5.36. The molecule has 0 aliphatic rings. The number of hydrogen-bond donors (Lipinski definition) is 0. The monoisotopic (exact) mass is 298 g/mol. The van der Waals surface area contributed by atoms with Gasteiger partial charge in [0.15, 0.2) is 11.5 Å². The molecule has 0 fully saturated rings. The zero-order chi connectivity index (χ0) is 15.9. The lowest BCUT2D eigenvalue weighted by atomic mass is 10.1. The Hall–Kier alpha value is -2.42. The molecule has 3 nitrogen and oxygen atoms in total. The summed E-state index contributed by atoms with van der Waals surface area (Å²) in [6, 6.07) is 12.4. The van der Waals surface area contributed by atoms with Crippen LogP contribution in [-0.4, -0.2) is 21.3 Å². The smallest absolute Gasteiger partial charge is 0.203 e. The second kappa shape index (κ2) is 7.55. The van der Waals surface area contributed by atoms with Gasteiger partial charge in [-0.15, -0.1) is 0 Å². The Kier molecular flexibility index (Phi) is 5.48. The number of ether oxygens (including phenoxy) is 3. The predicted octanol–water partition coefficient (Wildman–Crippen LogP) is 4.45. The van der Waals surface area contributed by atoms with Crippen LogP contribution in [0.25, 0.3) is 12.2 Å². The first-order chi connectivity index (χ1) is 10.7. The molecule has 0 amide bonds. The zero-order valence-electron chi connectivity index (χ0n) is 13.6. The van der Waals surface area contributed by atoms with Crippen molar-refractivity contribution in [2.24, 2.45) is 0 Å². The van der Waals surface area contributed by atoms with Gasteiger partial charge in [0.05, 0.1) is 21.3 Å². The molecule has 0 aromatic heterocycles. The standard InChI is InChI=1S/C19H22O3/c1-5-14-6-8-15(9-7-14)10-11-16-12-17(20-2)19(22-4)18(13-16)21-3/h6-13H,5H2,1-4H3/b11-10+. The summed E-state index contributed by atoms with van der Waals surface area (Å²) in [6.07, 6.45) is 5.16. The van der Waals surface area contributed by atoms with Crippen molar-refractivity contribution < 1.29 is 14.2 Å². The molecule has 0 atom stereocenters. The molecule has 0 saturated carbocycles. The molecule has 3 heteroatoms. The second-order valence-electron chi connectivity index (χ2n) is 4.89. The lowest BCUT2D eigenvalue weighted by Gasteiger charge is -2.12. The maximum Gasteiger partial charge on any atom is 0.203 e.